The van der Waals surface area contributed by atoms with Gasteiger partial charge in [-0.1, -0.05) is 11.6 Å². The molecule has 2 heterocycles. The number of aromatic nitrogens is 3. The van der Waals surface area contributed by atoms with Crippen molar-refractivity contribution in [2.45, 2.75) is 0 Å². The summed E-state index contributed by atoms with van der Waals surface area (Å²) in [5.74, 6) is -0.0465. The smallest absolute Gasteiger partial charge is 0.323 e. The van der Waals surface area contributed by atoms with Crippen molar-refractivity contribution >= 4 is 44.8 Å². The van der Waals surface area contributed by atoms with E-state index in [1.165, 1.54) is 16.7 Å². The number of rotatable bonds is 2. The van der Waals surface area contributed by atoms with E-state index in [0.29, 0.717) is 26.9 Å². The fourth-order valence-corrected chi connectivity index (χ4v) is 2.39. The number of thiazole rings is 1. The Labute approximate surface area is 109 Å². The van der Waals surface area contributed by atoms with Crippen molar-refractivity contribution in [2.24, 2.45) is 0 Å². The first-order valence-corrected chi connectivity index (χ1v) is 6.20. The summed E-state index contributed by atoms with van der Waals surface area (Å²) in [6.45, 7) is 0. The zero-order chi connectivity index (χ0) is 12.7. The lowest BCUT2D eigenvalue weighted by Gasteiger charge is -2.04. The summed E-state index contributed by atoms with van der Waals surface area (Å²) in [4.78, 5) is 20.3. The van der Waals surface area contributed by atoms with Gasteiger partial charge in [0.15, 0.2) is 5.13 Å². The van der Waals surface area contributed by atoms with Crippen LogP contribution in [0, 0.1) is 0 Å². The van der Waals surface area contributed by atoms with Gasteiger partial charge < -0.3 is 20.4 Å². The van der Waals surface area contributed by atoms with Gasteiger partial charge in [0.25, 0.3) is 0 Å². The largest absolute Gasteiger partial charge is 0.493 e. The second kappa shape index (κ2) is 4.04. The number of H-pyrrole nitrogens is 2. The standard InChI is InChI=1S/C10H7ClN4O2S/c11-4-1-6-7(13-9(17)12-6)2-5(4)14-10-15-8(16)3-18-10/h1-3,16H,(H,14,15)(H2,12,13,17). The molecule has 2 aromatic heterocycles. The number of aromatic hydroxyl groups is 1. The fraction of sp³-hybridized carbons (Fsp3) is 0. The third-order valence-electron chi connectivity index (χ3n) is 2.34. The van der Waals surface area contributed by atoms with Crippen LogP contribution >= 0.6 is 22.9 Å². The summed E-state index contributed by atoms with van der Waals surface area (Å²) >= 11 is 7.34. The van der Waals surface area contributed by atoms with Crippen molar-refractivity contribution in [1.82, 2.24) is 15.0 Å². The summed E-state index contributed by atoms with van der Waals surface area (Å²) in [6.07, 6.45) is 0. The van der Waals surface area contributed by atoms with E-state index < -0.39 is 0 Å². The van der Waals surface area contributed by atoms with Crippen LogP contribution < -0.4 is 11.0 Å². The van der Waals surface area contributed by atoms with Crippen LogP contribution in [0.5, 0.6) is 5.88 Å². The predicted molar refractivity (Wildman–Crippen MR) is 71.0 cm³/mol. The van der Waals surface area contributed by atoms with Crippen LogP contribution in [-0.4, -0.2) is 20.1 Å². The molecule has 0 saturated carbocycles. The number of nitrogens with one attached hydrogen (secondary N) is 3. The molecule has 4 N–H and O–H groups in total. The van der Waals surface area contributed by atoms with Gasteiger partial charge in [0.2, 0.25) is 5.88 Å². The topological polar surface area (TPSA) is 93.8 Å². The molecule has 3 rings (SSSR count). The first-order valence-electron chi connectivity index (χ1n) is 4.95. The van der Waals surface area contributed by atoms with E-state index in [-0.39, 0.29) is 11.6 Å². The van der Waals surface area contributed by atoms with Crippen molar-refractivity contribution in [2.75, 3.05) is 5.32 Å². The van der Waals surface area contributed by atoms with E-state index in [1.54, 1.807) is 12.1 Å². The number of halogens is 1. The third-order valence-corrected chi connectivity index (χ3v) is 3.40. The van der Waals surface area contributed by atoms with Crippen molar-refractivity contribution in [1.29, 1.82) is 0 Å². The summed E-state index contributed by atoms with van der Waals surface area (Å²) in [5.41, 5.74) is 1.60. The van der Waals surface area contributed by atoms with Crippen LogP contribution in [0.2, 0.25) is 5.02 Å². The molecular formula is C10H7ClN4O2S. The van der Waals surface area contributed by atoms with Gasteiger partial charge in [-0.15, -0.1) is 11.3 Å². The Morgan fingerprint density at radius 1 is 1.33 bits per heavy atom. The average molecular weight is 283 g/mol. The molecule has 0 atom stereocenters. The van der Waals surface area contributed by atoms with Gasteiger partial charge in [0.05, 0.1) is 27.1 Å². The highest BCUT2D eigenvalue weighted by molar-refractivity contribution is 7.14. The van der Waals surface area contributed by atoms with Crippen LogP contribution in [-0.2, 0) is 0 Å². The Kier molecular flexibility index (Phi) is 2.49. The molecular weight excluding hydrogens is 276 g/mol. The van der Waals surface area contributed by atoms with E-state index in [4.69, 9.17) is 16.7 Å². The summed E-state index contributed by atoms with van der Waals surface area (Å²) in [5, 5.41) is 14.6. The van der Waals surface area contributed by atoms with E-state index >= 15 is 0 Å². The van der Waals surface area contributed by atoms with Crippen LogP contribution in [0.3, 0.4) is 0 Å². The molecule has 0 fully saturated rings. The van der Waals surface area contributed by atoms with E-state index in [1.807, 2.05) is 0 Å². The molecule has 0 aliphatic rings. The molecule has 6 nitrogen and oxygen atoms in total. The molecule has 92 valence electrons. The van der Waals surface area contributed by atoms with Crippen molar-refractivity contribution in [3.8, 4) is 5.88 Å². The number of benzene rings is 1. The zero-order valence-electron chi connectivity index (χ0n) is 8.82. The van der Waals surface area contributed by atoms with E-state index in [9.17, 15) is 4.79 Å². The van der Waals surface area contributed by atoms with E-state index in [0.717, 1.165) is 0 Å². The number of imidazole rings is 1. The molecule has 0 saturated heterocycles. The molecule has 0 radical (unpaired) electrons. The quantitative estimate of drug-likeness (QED) is 0.581. The van der Waals surface area contributed by atoms with Gasteiger partial charge in [0, 0.05) is 0 Å². The van der Waals surface area contributed by atoms with Gasteiger partial charge in [-0.3, -0.25) is 0 Å². The number of fused-ring (bicyclic) bond motifs is 1. The number of hydrogen-bond acceptors (Lipinski definition) is 5. The average Bonchev–Trinajstić information content (AvgIpc) is 2.85. The fourth-order valence-electron chi connectivity index (χ4n) is 1.59. The molecule has 0 spiro atoms. The number of aromatic amines is 2. The highest BCUT2D eigenvalue weighted by atomic mass is 35.5. The molecule has 0 bridgehead atoms. The molecule has 18 heavy (non-hydrogen) atoms. The summed E-state index contributed by atoms with van der Waals surface area (Å²) in [7, 11) is 0. The number of hydrogen-bond donors (Lipinski definition) is 4. The lowest BCUT2D eigenvalue weighted by Crippen LogP contribution is -1.99. The van der Waals surface area contributed by atoms with Crippen LogP contribution in [0.25, 0.3) is 11.0 Å². The van der Waals surface area contributed by atoms with Crippen molar-refractivity contribution in [3.63, 3.8) is 0 Å². The maximum atomic E-state index is 11.2. The minimum absolute atomic E-state index is 0.0465. The Bertz CT molecular complexity index is 776. The van der Waals surface area contributed by atoms with Crippen LogP contribution in [0.4, 0.5) is 10.8 Å². The lowest BCUT2D eigenvalue weighted by atomic mass is 10.3. The molecule has 8 heteroatoms. The van der Waals surface area contributed by atoms with E-state index in [2.05, 4.69) is 20.3 Å². The van der Waals surface area contributed by atoms with Crippen LogP contribution in [0.1, 0.15) is 0 Å². The monoisotopic (exact) mass is 282 g/mol. The molecule has 0 unspecified atom stereocenters. The summed E-state index contributed by atoms with van der Waals surface area (Å²) < 4.78 is 0. The zero-order valence-corrected chi connectivity index (χ0v) is 10.4. The molecule has 0 amide bonds. The summed E-state index contributed by atoms with van der Waals surface area (Å²) in [6, 6.07) is 3.35. The molecule has 1 aromatic carbocycles. The minimum Gasteiger partial charge on any atom is -0.493 e. The van der Waals surface area contributed by atoms with Crippen molar-refractivity contribution < 1.29 is 5.11 Å². The van der Waals surface area contributed by atoms with Gasteiger partial charge in [0.1, 0.15) is 0 Å². The SMILES string of the molecule is O=c1[nH]c2cc(Cl)c(Nc3nc(O)cs3)cc2[nH]1. The predicted octanol–water partition coefficient (Wildman–Crippen LogP) is 2.42. The highest BCUT2D eigenvalue weighted by Crippen LogP contribution is 2.30. The number of anilines is 2. The lowest BCUT2D eigenvalue weighted by molar-refractivity contribution is 0.458. The first kappa shape index (κ1) is 11.1. The Morgan fingerprint density at radius 2 is 2.06 bits per heavy atom. The third kappa shape index (κ3) is 1.93. The first-order chi connectivity index (χ1) is 8.61. The molecule has 0 aliphatic heterocycles. The second-order valence-corrected chi connectivity index (χ2v) is 4.86. The van der Waals surface area contributed by atoms with Crippen LogP contribution in [0.15, 0.2) is 22.3 Å². The van der Waals surface area contributed by atoms with Gasteiger partial charge in [-0.25, -0.2) is 4.79 Å². The second-order valence-electron chi connectivity index (χ2n) is 3.59. The number of nitrogens with zero attached hydrogens (tertiary/aromatic N) is 1. The molecule has 0 aliphatic carbocycles. The highest BCUT2D eigenvalue weighted by Gasteiger charge is 2.08. The maximum absolute atomic E-state index is 11.2. The Hall–Kier alpha value is -1.99. The Balaban J connectivity index is 2.05. The Morgan fingerprint density at radius 3 is 2.72 bits per heavy atom. The van der Waals surface area contributed by atoms with Gasteiger partial charge >= 0.3 is 5.69 Å². The van der Waals surface area contributed by atoms with Crippen molar-refractivity contribution in [3.05, 3.63) is 33.0 Å². The van der Waals surface area contributed by atoms with Gasteiger partial charge in [-0.05, 0) is 12.1 Å². The molecule has 3 aromatic rings. The van der Waals surface area contributed by atoms with Gasteiger partial charge in [-0.2, -0.15) is 4.98 Å². The maximum Gasteiger partial charge on any atom is 0.323 e. The normalized spacial score (nSPS) is 10.9. The minimum atomic E-state index is -0.287.